The number of hydrogen-bond donors (Lipinski definition) is 1. The van der Waals surface area contributed by atoms with Gasteiger partial charge in [-0.3, -0.25) is 8.74 Å². The maximum atomic E-state index is 12.5. The molecule has 0 spiro atoms. The van der Waals surface area contributed by atoms with Crippen LogP contribution >= 0.6 is 23.4 Å². The van der Waals surface area contributed by atoms with Crippen molar-refractivity contribution in [3.63, 3.8) is 0 Å². The lowest BCUT2D eigenvalue weighted by Gasteiger charge is -2.28. The molecule has 1 aliphatic rings. The molecule has 0 aliphatic carbocycles. The molecule has 11 nitrogen and oxygen atoms in total. The zero-order valence-corrected chi connectivity index (χ0v) is 26.7. The second-order valence-corrected chi connectivity index (χ2v) is 14.1. The van der Waals surface area contributed by atoms with Crippen molar-refractivity contribution in [2.45, 2.75) is 40.7 Å². The highest BCUT2D eigenvalue weighted by Crippen LogP contribution is 2.39. The molecule has 2 heterocycles. The minimum Gasteiger partial charge on any atom is -0.342 e. The van der Waals surface area contributed by atoms with Gasteiger partial charge < -0.3 is 14.0 Å². The smallest absolute Gasteiger partial charge is 0.297 e. The van der Waals surface area contributed by atoms with Gasteiger partial charge in [0.1, 0.15) is 12.4 Å². The minimum atomic E-state index is -4.02. The first-order chi connectivity index (χ1) is 20.3. The van der Waals surface area contributed by atoms with Crippen LogP contribution in [0.5, 0.6) is 0 Å². The molecule has 2 atom stereocenters. The number of benzene rings is 3. The summed E-state index contributed by atoms with van der Waals surface area (Å²) in [4.78, 5) is 0.0342. The molecular formula is C28H30ClN3O8S3. The molecule has 1 fully saturated rings. The van der Waals surface area contributed by atoms with Gasteiger partial charge in [0.05, 0.1) is 28.8 Å². The third kappa shape index (κ3) is 8.86. The van der Waals surface area contributed by atoms with E-state index in [9.17, 15) is 16.8 Å². The van der Waals surface area contributed by atoms with E-state index in [-0.39, 0.29) is 23.0 Å². The summed E-state index contributed by atoms with van der Waals surface area (Å²) in [6, 6.07) is 19.6. The summed E-state index contributed by atoms with van der Waals surface area (Å²) in [7, 11) is -6.08. The van der Waals surface area contributed by atoms with Crippen LogP contribution in [0.1, 0.15) is 16.7 Å². The van der Waals surface area contributed by atoms with E-state index >= 15 is 0 Å². The summed E-state index contributed by atoms with van der Waals surface area (Å²) in [5.74, 6) is -0.731. The number of aromatic nitrogens is 3. The van der Waals surface area contributed by atoms with Crippen LogP contribution in [-0.4, -0.2) is 61.2 Å². The first-order valence-corrected chi connectivity index (χ1v) is 17.0. The number of hydrogen-bond acceptors (Lipinski definition) is 10. The molecule has 1 aliphatic heterocycles. The Labute approximate surface area is 260 Å². The van der Waals surface area contributed by atoms with Gasteiger partial charge in [0.25, 0.3) is 20.2 Å². The Morgan fingerprint density at radius 3 is 2.09 bits per heavy atom. The number of halogens is 1. The summed E-state index contributed by atoms with van der Waals surface area (Å²) >= 11 is 7.46. The Morgan fingerprint density at radius 1 is 0.977 bits per heavy atom. The Balaban J connectivity index is 0.000000324. The van der Waals surface area contributed by atoms with Crippen LogP contribution in [0.4, 0.5) is 0 Å². The van der Waals surface area contributed by atoms with Gasteiger partial charge in [-0.1, -0.05) is 70.9 Å². The minimum absolute atomic E-state index is 0.0666. The molecule has 0 radical (unpaired) electrons. The van der Waals surface area contributed by atoms with E-state index in [0.29, 0.717) is 15.9 Å². The molecule has 0 unspecified atom stereocenters. The third-order valence-corrected chi connectivity index (χ3v) is 9.81. The van der Waals surface area contributed by atoms with Crippen molar-refractivity contribution in [3.8, 4) is 0 Å². The topological polar surface area (TPSA) is 147 Å². The predicted octanol–water partition coefficient (Wildman–Crippen LogP) is 4.78. The zero-order chi connectivity index (χ0) is 31.3. The maximum absolute atomic E-state index is 12.5. The number of rotatable bonds is 9. The van der Waals surface area contributed by atoms with Gasteiger partial charge in [-0.25, -0.2) is 0 Å². The van der Waals surface area contributed by atoms with Gasteiger partial charge in [-0.2, -0.15) is 16.8 Å². The average molecular weight is 668 g/mol. The first kappa shape index (κ1) is 33.1. The lowest BCUT2D eigenvalue weighted by molar-refractivity contribution is -0.160. The summed E-state index contributed by atoms with van der Waals surface area (Å²) < 4.78 is 74.0. The third-order valence-electron chi connectivity index (χ3n) is 6.24. The molecule has 1 N–H and O–H groups in total. The molecule has 0 amide bonds. The number of aryl methyl sites for hydroxylation is 3. The van der Waals surface area contributed by atoms with Crippen molar-refractivity contribution in [1.82, 2.24) is 14.8 Å². The molecule has 230 valence electrons. The Bertz CT molecular complexity index is 1730. The van der Waals surface area contributed by atoms with Crippen molar-refractivity contribution < 1.29 is 35.0 Å². The molecule has 1 aromatic heterocycles. The van der Waals surface area contributed by atoms with Gasteiger partial charge >= 0.3 is 0 Å². The summed E-state index contributed by atoms with van der Waals surface area (Å²) in [6.07, 6.45) is 1.03. The normalized spacial score (nSPS) is 18.7. The van der Waals surface area contributed by atoms with Crippen LogP contribution in [0.3, 0.4) is 0 Å². The highest BCUT2D eigenvalue weighted by atomic mass is 35.5. The molecule has 15 heteroatoms. The molecule has 4 aromatic rings. The van der Waals surface area contributed by atoms with Crippen molar-refractivity contribution in [2.24, 2.45) is 7.05 Å². The molecule has 5 rings (SSSR count). The average Bonchev–Trinajstić information content (AvgIpc) is 3.58. The molecule has 43 heavy (non-hydrogen) atoms. The lowest BCUT2D eigenvalue weighted by Crippen LogP contribution is -2.32. The largest absolute Gasteiger partial charge is 0.342 e. The summed E-state index contributed by atoms with van der Waals surface area (Å²) in [6.45, 7) is 3.73. The van der Waals surface area contributed by atoms with E-state index in [1.165, 1.54) is 36.0 Å². The van der Waals surface area contributed by atoms with E-state index in [1.54, 1.807) is 47.3 Å². The van der Waals surface area contributed by atoms with Crippen LogP contribution in [0.15, 0.2) is 94.1 Å². The van der Waals surface area contributed by atoms with Gasteiger partial charge in [0.2, 0.25) is 5.79 Å². The Kier molecular flexibility index (Phi) is 10.7. The van der Waals surface area contributed by atoms with Crippen LogP contribution in [0.2, 0.25) is 5.02 Å². The molecule has 0 bridgehead atoms. The van der Waals surface area contributed by atoms with E-state index < -0.39 is 32.1 Å². The SMILES string of the molecule is Cc1ccc(S(=O)(=O)O)cc1.Cc1ccc(S(=O)(=O)OC[C@H]2CO[C@@](CSc3nncn3C)(c3ccc(Cl)cc3)O2)cc1. The second kappa shape index (κ2) is 13.9. The highest BCUT2D eigenvalue weighted by Gasteiger charge is 2.44. The van der Waals surface area contributed by atoms with Crippen molar-refractivity contribution in [3.05, 3.63) is 101 Å². The van der Waals surface area contributed by atoms with E-state index in [1.807, 2.05) is 33.0 Å². The standard InChI is InChI=1S/C21H22ClN3O5S2.C7H8O3S/c1-15-3-9-19(10-4-15)32(26,27)29-12-18-11-28-21(30-18,16-5-7-17(22)8-6-16)13-31-20-24-23-14-25(20)2;1-6-2-4-7(5-3-6)11(8,9)10/h3-10,14,18H,11-13H2,1-2H3;2-5H,1H3,(H,8,9,10)/t18-,21-;/m1./s1. The highest BCUT2D eigenvalue weighted by molar-refractivity contribution is 7.99. The predicted molar refractivity (Wildman–Crippen MR) is 161 cm³/mol. The first-order valence-electron chi connectivity index (χ1n) is 12.8. The second-order valence-electron chi connectivity index (χ2n) is 9.66. The van der Waals surface area contributed by atoms with Gasteiger partial charge in [-0.15, -0.1) is 10.2 Å². The van der Waals surface area contributed by atoms with Crippen molar-refractivity contribution in [2.75, 3.05) is 19.0 Å². The van der Waals surface area contributed by atoms with E-state index in [2.05, 4.69) is 10.2 Å². The fraction of sp³-hybridized carbons (Fsp3) is 0.286. The van der Waals surface area contributed by atoms with Crippen LogP contribution in [0.25, 0.3) is 0 Å². The fourth-order valence-corrected chi connectivity index (χ4v) is 6.41. The maximum Gasteiger partial charge on any atom is 0.297 e. The summed E-state index contributed by atoms with van der Waals surface area (Å²) in [5.41, 5.74) is 2.68. The van der Waals surface area contributed by atoms with Crippen molar-refractivity contribution in [1.29, 1.82) is 0 Å². The van der Waals surface area contributed by atoms with Crippen molar-refractivity contribution >= 4 is 43.6 Å². The summed E-state index contributed by atoms with van der Waals surface area (Å²) in [5, 5.41) is 9.26. The molecular weight excluding hydrogens is 638 g/mol. The lowest BCUT2D eigenvalue weighted by atomic mass is 10.1. The molecule has 0 saturated carbocycles. The van der Waals surface area contributed by atoms with Crippen LogP contribution < -0.4 is 0 Å². The van der Waals surface area contributed by atoms with E-state index in [0.717, 1.165) is 16.7 Å². The van der Waals surface area contributed by atoms with Gasteiger partial charge in [0, 0.05) is 17.6 Å². The quantitative estimate of drug-likeness (QED) is 0.149. The molecule has 3 aromatic carbocycles. The fourth-order valence-electron chi connectivity index (χ4n) is 3.87. The van der Waals surface area contributed by atoms with E-state index in [4.69, 9.17) is 29.8 Å². The number of nitrogens with zero attached hydrogens (tertiary/aromatic N) is 3. The number of thioether (sulfide) groups is 1. The Hall–Kier alpha value is -2.82. The van der Waals surface area contributed by atoms with Crippen LogP contribution in [-0.2, 0) is 46.7 Å². The molecule has 1 saturated heterocycles. The zero-order valence-electron chi connectivity index (χ0n) is 23.5. The number of ether oxygens (including phenoxy) is 2. The Morgan fingerprint density at radius 2 is 1.56 bits per heavy atom. The monoisotopic (exact) mass is 667 g/mol. The van der Waals surface area contributed by atoms with Gasteiger partial charge in [-0.05, 0) is 50.2 Å². The van der Waals surface area contributed by atoms with Gasteiger partial charge in [0.15, 0.2) is 5.16 Å². The van der Waals surface area contributed by atoms with Crippen LogP contribution in [0, 0.1) is 13.8 Å².